The summed E-state index contributed by atoms with van der Waals surface area (Å²) in [5.41, 5.74) is 4.98. The highest BCUT2D eigenvalue weighted by Gasteiger charge is 2.07. The Morgan fingerprint density at radius 1 is 1.24 bits per heavy atom. The third-order valence-electron chi connectivity index (χ3n) is 2.95. The number of hydrogen-bond donors (Lipinski definition) is 2. The normalized spacial score (nSPS) is 11.3. The molecule has 0 aliphatic heterocycles. The predicted octanol–water partition coefficient (Wildman–Crippen LogP) is 3.51. The van der Waals surface area contributed by atoms with Crippen LogP contribution in [0, 0.1) is 6.92 Å². The van der Waals surface area contributed by atoms with Crippen LogP contribution in [0.1, 0.15) is 28.4 Å². The molecule has 108 valence electrons. The van der Waals surface area contributed by atoms with E-state index in [1.807, 2.05) is 6.92 Å². The van der Waals surface area contributed by atoms with Gasteiger partial charge in [-0.15, -0.1) is 0 Å². The first-order valence-electron chi connectivity index (χ1n) is 6.37. The number of rotatable bonds is 3. The number of aryl methyl sites for hydroxylation is 1. The van der Waals surface area contributed by atoms with E-state index in [0.29, 0.717) is 21.9 Å². The minimum Gasteiger partial charge on any atom is -0.507 e. The summed E-state index contributed by atoms with van der Waals surface area (Å²) in [4.78, 5) is 11.9. The molecule has 0 heterocycles. The van der Waals surface area contributed by atoms with Crippen molar-refractivity contribution in [3.63, 3.8) is 0 Å². The Kier molecular flexibility index (Phi) is 4.60. The maximum Gasteiger partial charge on any atom is 0.271 e. The van der Waals surface area contributed by atoms with Crippen molar-refractivity contribution in [3.05, 3.63) is 64.2 Å². The Balaban J connectivity index is 2.17. The average molecular weight is 303 g/mol. The molecule has 4 nitrogen and oxygen atoms in total. The Labute approximate surface area is 128 Å². The summed E-state index contributed by atoms with van der Waals surface area (Å²) in [6, 6.07) is 11.8. The quantitative estimate of drug-likeness (QED) is 0.673. The monoisotopic (exact) mass is 302 g/mol. The minimum absolute atomic E-state index is 0.124. The van der Waals surface area contributed by atoms with E-state index < -0.39 is 0 Å². The number of carbonyl (C=O) groups is 1. The molecule has 0 aliphatic carbocycles. The van der Waals surface area contributed by atoms with Crippen LogP contribution in [0.2, 0.25) is 5.02 Å². The van der Waals surface area contributed by atoms with Gasteiger partial charge in [0, 0.05) is 16.1 Å². The number of hydrazone groups is 1. The highest BCUT2D eigenvalue weighted by Crippen LogP contribution is 2.19. The summed E-state index contributed by atoms with van der Waals surface area (Å²) < 4.78 is 0. The van der Waals surface area contributed by atoms with Crippen molar-refractivity contribution in [3.8, 4) is 5.75 Å². The van der Waals surface area contributed by atoms with Gasteiger partial charge in [-0.2, -0.15) is 5.10 Å². The summed E-state index contributed by atoms with van der Waals surface area (Å²) >= 11 is 5.84. The zero-order chi connectivity index (χ0) is 15.4. The van der Waals surface area contributed by atoms with Crippen LogP contribution >= 0.6 is 11.6 Å². The Hall–Kier alpha value is -2.33. The first kappa shape index (κ1) is 15.1. The smallest absolute Gasteiger partial charge is 0.271 e. The molecule has 5 heteroatoms. The molecule has 21 heavy (non-hydrogen) atoms. The van der Waals surface area contributed by atoms with Crippen LogP contribution in [0.3, 0.4) is 0 Å². The van der Waals surface area contributed by atoms with Crippen LogP contribution in [0.5, 0.6) is 5.75 Å². The maximum atomic E-state index is 11.9. The molecule has 0 atom stereocenters. The van der Waals surface area contributed by atoms with E-state index >= 15 is 0 Å². The van der Waals surface area contributed by atoms with Gasteiger partial charge in [-0.3, -0.25) is 4.79 Å². The first-order chi connectivity index (χ1) is 9.97. The molecule has 2 aromatic rings. The number of carbonyl (C=O) groups excluding carboxylic acids is 1. The zero-order valence-electron chi connectivity index (χ0n) is 11.7. The van der Waals surface area contributed by atoms with Crippen LogP contribution in [-0.4, -0.2) is 16.7 Å². The lowest BCUT2D eigenvalue weighted by atomic mass is 10.1. The molecule has 0 saturated heterocycles. The second-order valence-electron chi connectivity index (χ2n) is 4.67. The molecule has 0 bridgehead atoms. The SMILES string of the molecule is C/C(=N\NC(=O)c1cccc(Cl)c1)c1cc(C)ccc1O. The molecule has 2 aromatic carbocycles. The second-order valence-corrected chi connectivity index (χ2v) is 5.11. The number of phenols is 1. The van der Waals surface area contributed by atoms with E-state index in [9.17, 15) is 9.90 Å². The minimum atomic E-state index is -0.357. The van der Waals surface area contributed by atoms with Crippen LogP contribution in [0.25, 0.3) is 0 Å². The van der Waals surface area contributed by atoms with Gasteiger partial charge in [0.25, 0.3) is 5.91 Å². The largest absolute Gasteiger partial charge is 0.507 e. The molecule has 0 radical (unpaired) electrons. The van der Waals surface area contributed by atoms with E-state index in [2.05, 4.69) is 10.5 Å². The lowest BCUT2D eigenvalue weighted by Gasteiger charge is -2.06. The van der Waals surface area contributed by atoms with Crippen molar-refractivity contribution >= 4 is 23.2 Å². The van der Waals surface area contributed by atoms with Gasteiger partial charge in [-0.05, 0) is 44.2 Å². The van der Waals surface area contributed by atoms with Gasteiger partial charge < -0.3 is 5.11 Å². The van der Waals surface area contributed by atoms with E-state index in [4.69, 9.17) is 11.6 Å². The van der Waals surface area contributed by atoms with E-state index in [0.717, 1.165) is 5.56 Å². The van der Waals surface area contributed by atoms with Gasteiger partial charge in [0.15, 0.2) is 0 Å². The van der Waals surface area contributed by atoms with Crippen LogP contribution in [0.4, 0.5) is 0 Å². The molecule has 2 N–H and O–H groups in total. The second kappa shape index (κ2) is 6.41. The Bertz CT molecular complexity index is 711. The van der Waals surface area contributed by atoms with Crippen LogP contribution in [0.15, 0.2) is 47.6 Å². The Morgan fingerprint density at radius 3 is 2.71 bits per heavy atom. The summed E-state index contributed by atoms with van der Waals surface area (Å²) in [6.07, 6.45) is 0. The number of phenolic OH excluding ortho intramolecular Hbond substituents is 1. The average Bonchev–Trinajstić information content (AvgIpc) is 2.47. The summed E-state index contributed by atoms with van der Waals surface area (Å²) in [7, 11) is 0. The number of aromatic hydroxyl groups is 1. The van der Waals surface area contributed by atoms with E-state index in [-0.39, 0.29) is 11.7 Å². The van der Waals surface area contributed by atoms with Gasteiger partial charge in [0.05, 0.1) is 5.71 Å². The first-order valence-corrected chi connectivity index (χ1v) is 6.75. The molecule has 0 unspecified atom stereocenters. The lowest BCUT2D eigenvalue weighted by Crippen LogP contribution is -2.19. The van der Waals surface area contributed by atoms with Gasteiger partial charge in [-0.1, -0.05) is 29.3 Å². The van der Waals surface area contributed by atoms with Crippen molar-refractivity contribution in [2.45, 2.75) is 13.8 Å². The lowest BCUT2D eigenvalue weighted by molar-refractivity contribution is 0.0955. The fourth-order valence-corrected chi connectivity index (χ4v) is 2.02. The highest BCUT2D eigenvalue weighted by molar-refractivity contribution is 6.30. The fourth-order valence-electron chi connectivity index (χ4n) is 1.83. The summed E-state index contributed by atoms with van der Waals surface area (Å²) in [5.74, 6) is -0.233. The molecular weight excluding hydrogens is 288 g/mol. The van der Waals surface area contributed by atoms with Crippen LogP contribution < -0.4 is 5.43 Å². The van der Waals surface area contributed by atoms with E-state index in [1.165, 1.54) is 0 Å². The van der Waals surface area contributed by atoms with Gasteiger partial charge >= 0.3 is 0 Å². The molecule has 0 spiro atoms. The molecule has 0 aliphatic rings. The van der Waals surface area contributed by atoms with Crippen LogP contribution in [-0.2, 0) is 0 Å². The molecule has 1 amide bonds. The van der Waals surface area contributed by atoms with Crippen molar-refractivity contribution in [2.75, 3.05) is 0 Å². The summed E-state index contributed by atoms with van der Waals surface area (Å²) in [5, 5.41) is 14.3. The van der Waals surface area contributed by atoms with Gasteiger partial charge in [-0.25, -0.2) is 5.43 Å². The van der Waals surface area contributed by atoms with Gasteiger partial charge in [0.1, 0.15) is 5.75 Å². The standard InChI is InChI=1S/C16H15ClN2O2/c1-10-6-7-15(20)14(8-10)11(2)18-19-16(21)12-4-3-5-13(17)9-12/h3-9,20H,1-2H3,(H,19,21)/b18-11+. The topological polar surface area (TPSA) is 61.7 Å². The molecule has 2 rings (SSSR count). The third-order valence-corrected chi connectivity index (χ3v) is 3.19. The number of halogens is 1. The number of hydrogen-bond acceptors (Lipinski definition) is 3. The zero-order valence-corrected chi connectivity index (χ0v) is 12.5. The molecular formula is C16H15ClN2O2. The number of benzene rings is 2. The third kappa shape index (κ3) is 3.83. The number of amides is 1. The Morgan fingerprint density at radius 2 is 2.00 bits per heavy atom. The van der Waals surface area contributed by atoms with E-state index in [1.54, 1.807) is 49.4 Å². The van der Waals surface area contributed by atoms with Crippen molar-refractivity contribution in [1.82, 2.24) is 5.43 Å². The highest BCUT2D eigenvalue weighted by atomic mass is 35.5. The number of nitrogens with zero attached hydrogens (tertiary/aromatic N) is 1. The van der Waals surface area contributed by atoms with Crippen molar-refractivity contribution < 1.29 is 9.90 Å². The maximum absolute atomic E-state index is 11.9. The predicted molar refractivity (Wildman–Crippen MR) is 84.0 cm³/mol. The van der Waals surface area contributed by atoms with Gasteiger partial charge in [0.2, 0.25) is 0 Å². The van der Waals surface area contributed by atoms with Crippen molar-refractivity contribution in [1.29, 1.82) is 0 Å². The number of nitrogens with one attached hydrogen (secondary N) is 1. The van der Waals surface area contributed by atoms with Crippen molar-refractivity contribution in [2.24, 2.45) is 5.10 Å². The molecule has 0 aromatic heterocycles. The molecule has 0 saturated carbocycles. The summed E-state index contributed by atoms with van der Waals surface area (Å²) in [6.45, 7) is 3.63. The fraction of sp³-hybridized carbons (Fsp3) is 0.125. The molecule has 0 fully saturated rings.